The number of aromatic nitrogens is 2. The van der Waals surface area contributed by atoms with E-state index in [1.165, 1.54) is 0 Å². The van der Waals surface area contributed by atoms with E-state index in [4.69, 9.17) is 0 Å². The highest BCUT2D eigenvalue weighted by molar-refractivity contribution is 5.78. The third-order valence-corrected chi connectivity index (χ3v) is 3.18. The summed E-state index contributed by atoms with van der Waals surface area (Å²) in [7, 11) is 0. The summed E-state index contributed by atoms with van der Waals surface area (Å²) in [4.78, 5) is 21.6. The molecule has 0 spiro atoms. The minimum absolute atomic E-state index is 0.0146. The molecule has 1 aromatic heterocycles. The lowest BCUT2D eigenvalue weighted by Gasteiger charge is -2.34. The highest BCUT2D eigenvalue weighted by Gasteiger charge is 2.25. The van der Waals surface area contributed by atoms with Gasteiger partial charge in [0.1, 0.15) is 0 Å². The molecule has 1 aliphatic rings. The molecule has 5 nitrogen and oxygen atoms in total. The van der Waals surface area contributed by atoms with E-state index in [-0.39, 0.29) is 17.9 Å². The van der Waals surface area contributed by atoms with Crippen LogP contribution < -0.4 is 5.32 Å². The van der Waals surface area contributed by atoms with Gasteiger partial charge in [0, 0.05) is 25.0 Å². The quantitative estimate of drug-likeness (QED) is 0.904. The molecule has 1 fully saturated rings. The van der Waals surface area contributed by atoms with Crippen LogP contribution in [-0.2, 0) is 4.79 Å². The number of carbonyl (C=O) groups is 1. The molecule has 1 amide bonds. The van der Waals surface area contributed by atoms with Gasteiger partial charge in [-0.15, -0.1) is 0 Å². The third-order valence-electron chi connectivity index (χ3n) is 3.18. The van der Waals surface area contributed by atoms with E-state index >= 15 is 0 Å². The molecule has 0 aromatic carbocycles. The predicted molar refractivity (Wildman–Crippen MR) is 70.1 cm³/mol. The van der Waals surface area contributed by atoms with Crippen LogP contribution in [-0.4, -0.2) is 39.9 Å². The molecule has 1 aliphatic heterocycles. The van der Waals surface area contributed by atoms with Crippen molar-refractivity contribution in [1.29, 1.82) is 0 Å². The first-order chi connectivity index (χ1) is 9.06. The predicted octanol–water partition coefficient (Wildman–Crippen LogP) is 1.67. The molecule has 0 unspecified atom stereocenters. The Morgan fingerprint density at radius 3 is 2.79 bits per heavy atom. The Kier molecular flexibility index (Phi) is 4.29. The van der Waals surface area contributed by atoms with Crippen molar-refractivity contribution in [3.05, 3.63) is 18.2 Å². The Balaban J connectivity index is 1.94. The van der Waals surface area contributed by atoms with Gasteiger partial charge in [-0.2, -0.15) is 0 Å². The van der Waals surface area contributed by atoms with Gasteiger partial charge in [0.15, 0.2) is 5.82 Å². The van der Waals surface area contributed by atoms with E-state index < -0.39 is 5.82 Å². The van der Waals surface area contributed by atoms with Gasteiger partial charge in [0.25, 0.3) is 0 Å². The Morgan fingerprint density at radius 2 is 2.16 bits per heavy atom. The van der Waals surface area contributed by atoms with E-state index in [0.717, 1.165) is 31.8 Å². The minimum Gasteiger partial charge on any atom is -0.350 e. The zero-order valence-electron chi connectivity index (χ0n) is 11.3. The van der Waals surface area contributed by atoms with Crippen LogP contribution >= 0.6 is 0 Å². The van der Waals surface area contributed by atoms with Crippen molar-refractivity contribution < 1.29 is 9.18 Å². The molecule has 19 heavy (non-hydrogen) atoms. The summed E-state index contributed by atoms with van der Waals surface area (Å²) in [5.41, 5.74) is 0. The average molecular weight is 266 g/mol. The second-order valence-corrected chi connectivity index (χ2v) is 5.15. The average Bonchev–Trinajstić information content (AvgIpc) is 2.41. The number of rotatable bonds is 3. The van der Waals surface area contributed by atoms with Crippen LogP contribution in [0.5, 0.6) is 0 Å². The van der Waals surface area contributed by atoms with Gasteiger partial charge in [0.05, 0.1) is 12.4 Å². The summed E-state index contributed by atoms with van der Waals surface area (Å²) in [6.07, 6.45) is 4.18. The lowest BCUT2D eigenvalue weighted by molar-refractivity contribution is -0.135. The monoisotopic (exact) mass is 266 g/mol. The Morgan fingerprint density at radius 1 is 1.47 bits per heavy atom. The summed E-state index contributed by atoms with van der Waals surface area (Å²) < 4.78 is 12.7. The number of halogens is 1. The number of likely N-dealkylation sites (tertiary alicyclic amines) is 1. The Hall–Kier alpha value is -1.72. The van der Waals surface area contributed by atoms with Crippen LogP contribution in [0.4, 0.5) is 10.3 Å². The van der Waals surface area contributed by atoms with E-state index in [9.17, 15) is 9.18 Å². The standard InChI is InChI=1S/C13H19FN4O/c1-9(2)12(19)18-5-3-4-11(8-18)17-13-15-6-10(14)7-16-13/h6-7,9,11H,3-5,8H2,1-2H3,(H,15,16,17)/t11-/m0/s1. The molecule has 104 valence electrons. The molecular formula is C13H19FN4O. The van der Waals surface area contributed by atoms with Gasteiger partial charge in [-0.05, 0) is 12.8 Å². The number of nitrogens with one attached hydrogen (secondary N) is 1. The molecule has 0 radical (unpaired) electrons. The largest absolute Gasteiger partial charge is 0.350 e. The highest BCUT2D eigenvalue weighted by atomic mass is 19.1. The molecule has 1 N–H and O–H groups in total. The zero-order valence-corrected chi connectivity index (χ0v) is 11.3. The van der Waals surface area contributed by atoms with Crippen molar-refractivity contribution in [2.24, 2.45) is 5.92 Å². The maximum absolute atomic E-state index is 12.7. The maximum Gasteiger partial charge on any atom is 0.225 e. The van der Waals surface area contributed by atoms with E-state index in [1.807, 2.05) is 18.7 Å². The molecule has 2 rings (SSSR count). The molecule has 0 bridgehead atoms. The summed E-state index contributed by atoms with van der Waals surface area (Å²) >= 11 is 0. The topological polar surface area (TPSA) is 58.1 Å². The molecule has 6 heteroatoms. The Bertz CT molecular complexity index is 435. The fourth-order valence-corrected chi connectivity index (χ4v) is 2.23. The van der Waals surface area contributed by atoms with Crippen LogP contribution in [0.3, 0.4) is 0 Å². The normalized spacial score (nSPS) is 19.6. The highest BCUT2D eigenvalue weighted by Crippen LogP contribution is 2.15. The molecule has 0 saturated carbocycles. The second kappa shape index (κ2) is 5.95. The van der Waals surface area contributed by atoms with Crippen molar-refractivity contribution in [3.8, 4) is 0 Å². The first-order valence-electron chi connectivity index (χ1n) is 6.59. The molecule has 1 aromatic rings. The van der Waals surface area contributed by atoms with Crippen molar-refractivity contribution in [2.75, 3.05) is 18.4 Å². The van der Waals surface area contributed by atoms with Gasteiger partial charge in [-0.3, -0.25) is 4.79 Å². The summed E-state index contributed by atoms with van der Waals surface area (Å²) in [6, 6.07) is 0.127. The zero-order chi connectivity index (χ0) is 13.8. The molecule has 2 heterocycles. The fraction of sp³-hybridized carbons (Fsp3) is 0.615. The molecular weight excluding hydrogens is 247 g/mol. The smallest absolute Gasteiger partial charge is 0.225 e. The maximum atomic E-state index is 12.7. The first-order valence-corrected chi connectivity index (χ1v) is 6.59. The lowest BCUT2D eigenvalue weighted by Crippen LogP contribution is -2.46. The lowest BCUT2D eigenvalue weighted by atomic mass is 10.0. The number of amides is 1. The SMILES string of the molecule is CC(C)C(=O)N1CCC[C@H](Nc2ncc(F)cn2)C1. The van der Waals surface area contributed by atoms with Gasteiger partial charge in [0.2, 0.25) is 11.9 Å². The number of carbonyl (C=O) groups excluding carboxylic acids is 1. The van der Waals surface area contributed by atoms with Crippen LogP contribution in [0.2, 0.25) is 0 Å². The number of hydrogen-bond acceptors (Lipinski definition) is 4. The molecule has 0 aliphatic carbocycles. The van der Waals surface area contributed by atoms with Crippen LogP contribution in [0.15, 0.2) is 12.4 Å². The fourth-order valence-electron chi connectivity index (χ4n) is 2.23. The number of hydrogen-bond donors (Lipinski definition) is 1. The van der Waals surface area contributed by atoms with Gasteiger partial charge >= 0.3 is 0 Å². The first kappa shape index (κ1) is 13.7. The van der Waals surface area contributed by atoms with E-state index in [1.54, 1.807) is 0 Å². The van der Waals surface area contributed by atoms with Gasteiger partial charge in [-0.1, -0.05) is 13.8 Å². The minimum atomic E-state index is -0.453. The second-order valence-electron chi connectivity index (χ2n) is 5.15. The van der Waals surface area contributed by atoms with Crippen molar-refractivity contribution >= 4 is 11.9 Å². The van der Waals surface area contributed by atoms with E-state index in [2.05, 4.69) is 15.3 Å². The van der Waals surface area contributed by atoms with Crippen molar-refractivity contribution in [1.82, 2.24) is 14.9 Å². The number of piperidine rings is 1. The summed E-state index contributed by atoms with van der Waals surface area (Å²) in [5.74, 6) is 0.142. The Labute approximate surface area is 112 Å². The third kappa shape index (κ3) is 3.62. The van der Waals surface area contributed by atoms with Gasteiger partial charge < -0.3 is 10.2 Å². The van der Waals surface area contributed by atoms with Crippen LogP contribution in [0.25, 0.3) is 0 Å². The summed E-state index contributed by atoms with van der Waals surface area (Å²) in [5, 5.41) is 3.15. The molecule has 1 atom stereocenters. The van der Waals surface area contributed by atoms with Crippen LogP contribution in [0.1, 0.15) is 26.7 Å². The van der Waals surface area contributed by atoms with E-state index in [0.29, 0.717) is 12.5 Å². The number of nitrogens with zero attached hydrogens (tertiary/aromatic N) is 3. The number of anilines is 1. The van der Waals surface area contributed by atoms with Crippen molar-refractivity contribution in [2.45, 2.75) is 32.7 Å². The van der Waals surface area contributed by atoms with Gasteiger partial charge in [-0.25, -0.2) is 14.4 Å². The van der Waals surface area contributed by atoms with Crippen LogP contribution in [0, 0.1) is 11.7 Å². The van der Waals surface area contributed by atoms with Crippen molar-refractivity contribution in [3.63, 3.8) is 0 Å². The molecule has 1 saturated heterocycles. The summed E-state index contributed by atoms with van der Waals surface area (Å²) in [6.45, 7) is 5.27.